The fourth-order valence-corrected chi connectivity index (χ4v) is 3.96. The molecule has 22 heavy (non-hydrogen) atoms. The molecule has 1 aliphatic rings. The number of hydrogen-bond donors (Lipinski definition) is 0. The van der Waals surface area contributed by atoms with Crippen molar-refractivity contribution in [2.24, 2.45) is 0 Å². The van der Waals surface area contributed by atoms with Gasteiger partial charge in [-0.05, 0) is 37.1 Å². The molecule has 116 valence electrons. The number of benzene rings is 2. The van der Waals surface area contributed by atoms with Gasteiger partial charge in [0, 0.05) is 13.2 Å². The Morgan fingerprint density at radius 1 is 1.00 bits per heavy atom. The lowest BCUT2D eigenvalue weighted by molar-refractivity contribution is -0.0408. The van der Waals surface area contributed by atoms with Crippen LogP contribution in [0.1, 0.15) is 30.9 Å². The van der Waals surface area contributed by atoms with Crippen LogP contribution in [0.4, 0.5) is 0 Å². The zero-order valence-electron chi connectivity index (χ0n) is 13.5. The normalized spacial score (nSPS) is 19.5. The van der Waals surface area contributed by atoms with Gasteiger partial charge >= 0.3 is 0 Å². The van der Waals surface area contributed by atoms with E-state index in [1.165, 1.54) is 24.0 Å². The second-order valence-electron chi connectivity index (χ2n) is 5.96. The molecule has 1 atom stereocenters. The summed E-state index contributed by atoms with van der Waals surface area (Å²) in [6.07, 6.45) is 2.41. The summed E-state index contributed by atoms with van der Waals surface area (Å²) in [7, 11) is 1.85. The van der Waals surface area contributed by atoms with E-state index in [1.807, 2.05) is 7.11 Å². The molecule has 0 saturated carbocycles. The van der Waals surface area contributed by atoms with Gasteiger partial charge in [-0.1, -0.05) is 67.6 Å². The van der Waals surface area contributed by atoms with Crippen molar-refractivity contribution >= 4 is 0 Å². The lowest BCUT2D eigenvalue weighted by atomic mass is 9.78. The van der Waals surface area contributed by atoms with E-state index in [0.717, 1.165) is 13.1 Å². The summed E-state index contributed by atoms with van der Waals surface area (Å²) in [5, 5.41) is 0. The molecule has 0 spiro atoms. The summed E-state index contributed by atoms with van der Waals surface area (Å²) in [6, 6.07) is 21.7. The lowest BCUT2D eigenvalue weighted by Crippen LogP contribution is -2.49. The summed E-state index contributed by atoms with van der Waals surface area (Å²) in [4.78, 5) is 2.56. The van der Waals surface area contributed by atoms with E-state index >= 15 is 0 Å². The number of rotatable bonds is 5. The predicted octanol–water partition coefficient (Wildman–Crippen LogP) is 4.06. The van der Waals surface area contributed by atoms with Crippen LogP contribution in [0.3, 0.4) is 0 Å². The molecule has 1 fully saturated rings. The Labute approximate surface area is 133 Å². The van der Waals surface area contributed by atoms with Crippen LogP contribution in [0.2, 0.25) is 0 Å². The molecule has 2 aromatic rings. The third kappa shape index (κ3) is 2.47. The Kier molecular flexibility index (Phi) is 4.60. The van der Waals surface area contributed by atoms with Gasteiger partial charge in [-0.2, -0.15) is 0 Å². The van der Waals surface area contributed by atoms with Crippen LogP contribution in [-0.2, 0) is 10.3 Å². The SMILES string of the molecule is CCN1CCCC1C(OC)(c1ccccc1)c1ccccc1. The van der Waals surface area contributed by atoms with E-state index < -0.39 is 5.60 Å². The molecule has 0 bridgehead atoms. The first-order valence-electron chi connectivity index (χ1n) is 8.23. The van der Waals surface area contributed by atoms with Gasteiger partial charge in [0.1, 0.15) is 5.60 Å². The molecular weight excluding hydrogens is 270 g/mol. The molecule has 2 heteroatoms. The van der Waals surface area contributed by atoms with Crippen molar-refractivity contribution in [3.8, 4) is 0 Å². The molecule has 1 aliphatic heterocycles. The number of hydrogen-bond acceptors (Lipinski definition) is 2. The van der Waals surface area contributed by atoms with Crippen molar-refractivity contribution in [2.75, 3.05) is 20.2 Å². The fraction of sp³-hybridized carbons (Fsp3) is 0.400. The molecule has 1 saturated heterocycles. The van der Waals surface area contributed by atoms with Gasteiger partial charge < -0.3 is 4.74 Å². The highest BCUT2D eigenvalue weighted by atomic mass is 16.5. The summed E-state index contributed by atoms with van der Waals surface area (Å²) in [5.41, 5.74) is 2.10. The van der Waals surface area contributed by atoms with Gasteiger partial charge in [0.25, 0.3) is 0 Å². The second-order valence-corrected chi connectivity index (χ2v) is 5.96. The number of nitrogens with zero attached hydrogens (tertiary/aromatic N) is 1. The molecule has 0 radical (unpaired) electrons. The van der Waals surface area contributed by atoms with Crippen molar-refractivity contribution in [3.63, 3.8) is 0 Å². The van der Waals surface area contributed by atoms with E-state index in [4.69, 9.17) is 4.74 Å². The minimum Gasteiger partial charge on any atom is -0.367 e. The monoisotopic (exact) mass is 295 g/mol. The summed E-state index contributed by atoms with van der Waals surface area (Å²) < 4.78 is 6.28. The van der Waals surface area contributed by atoms with Gasteiger partial charge in [0.15, 0.2) is 0 Å². The van der Waals surface area contributed by atoms with E-state index in [0.29, 0.717) is 6.04 Å². The summed E-state index contributed by atoms with van der Waals surface area (Å²) >= 11 is 0. The third-order valence-electron chi connectivity index (χ3n) is 4.97. The van der Waals surface area contributed by atoms with Crippen molar-refractivity contribution in [1.82, 2.24) is 4.90 Å². The third-order valence-corrected chi connectivity index (χ3v) is 4.97. The van der Waals surface area contributed by atoms with Crippen molar-refractivity contribution in [2.45, 2.75) is 31.4 Å². The van der Waals surface area contributed by atoms with E-state index in [2.05, 4.69) is 72.5 Å². The van der Waals surface area contributed by atoms with Crippen LogP contribution in [0.5, 0.6) is 0 Å². The van der Waals surface area contributed by atoms with Gasteiger partial charge in [0.05, 0.1) is 0 Å². The highest BCUT2D eigenvalue weighted by Crippen LogP contribution is 2.42. The standard InChI is InChI=1S/C20H25NO/c1-3-21-16-10-15-19(21)20(22-2,17-11-6-4-7-12-17)18-13-8-5-9-14-18/h4-9,11-14,19H,3,10,15-16H2,1-2H3. The van der Waals surface area contributed by atoms with E-state index in [-0.39, 0.29) is 0 Å². The first-order valence-corrected chi connectivity index (χ1v) is 8.23. The van der Waals surface area contributed by atoms with E-state index in [9.17, 15) is 0 Å². The molecule has 0 aromatic heterocycles. The first kappa shape index (κ1) is 15.3. The maximum atomic E-state index is 6.28. The summed E-state index contributed by atoms with van der Waals surface area (Å²) in [5.74, 6) is 0. The first-order chi connectivity index (χ1) is 10.8. The van der Waals surface area contributed by atoms with Crippen LogP contribution in [-0.4, -0.2) is 31.1 Å². The Morgan fingerprint density at radius 2 is 1.55 bits per heavy atom. The number of likely N-dealkylation sites (N-methyl/N-ethyl adjacent to an activating group) is 1. The predicted molar refractivity (Wildman–Crippen MR) is 90.9 cm³/mol. The number of methoxy groups -OCH3 is 1. The zero-order chi connectivity index (χ0) is 15.4. The van der Waals surface area contributed by atoms with Crippen LogP contribution < -0.4 is 0 Å². The van der Waals surface area contributed by atoms with Crippen molar-refractivity contribution in [1.29, 1.82) is 0 Å². The number of likely N-dealkylation sites (tertiary alicyclic amines) is 1. The molecule has 2 nitrogen and oxygen atoms in total. The van der Waals surface area contributed by atoms with Gasteiger partial charge in [-0.3, -0.25) is 4.90 Å². The van der Waals surface area contributed by atoms with Gasteiger partial charge in [-0.15, -0.1) is 0 Å². The number of ether oxygens (including phenoxy) is 1. The van der Waals surface area contributed by atoms with Gasteiger partial charge in [-0.25, -0.2) is 0 Å². The lowest BCUT2D eigenvalue weighted by Gasteiger charge is -2.43. The van der Waals surface area contributed by atoms with Crippen LogP contribution >= 0.6 is 0 Å². The average molecular weight is 295 g/mol. The molecule has 1 heterocycles. The Bertz CT molecular complexity index is 542. The quantitative estimate of drug-likeness (QED) is 0.825. The Hall–Kier alpha value is -1.64. The van der Waals surface area contributed by atoms with Crippen molar-refractivity contribution in [3.05, 3.63) is 71.8 Å². The molecule has 1 unspecified atom stereocenters. The molecular formula is C20H25NO. The summed E-state index contributed by atoms with van der Waals surface area (Å²) in [6.45, 7) is 4.47. The Balaban J connectivity index is 2.17. The maximum absolute atomic E-state index is 6.28. The fourth-order valence-electron chi connectivity index (χ4n) is 3.96. The Morgan fingerprint density at radius 3 is 2.00 bits per heavy atom. The molecule has 0 aliphatic carbocycles. The maximum Gasteiger partial charge on any atom is 0.133 e. The van der Waals surface area contributed by atoms with Crippen molar-refractivity contribution < 1.29 is 4.74 Å². The minimum atomic E-state index is -0.394. The second kappa shape index (κ2) is 6.64. The topological polar surface area (TPSA) is 12.5 Å². The minimum absolute atomic E-state index is 0.382. The van der Waals surface area contributed by atoms with Crippen LogP contribution in [0, 0.1) is 0 Å². The highest BCUT2D eigenvalue weighted by molar-refractivity contribution is 5.39. The molecule has 0 amide bonds. The molecule has 3 rings (SSSR count). The highest BCUT2D eigenvalue weighted by Gasteiger charge is 2.46. The zero-order valence-corrected chi connectivity index (χ0v) is 13.5. The van der Waals surface area contributed by atoms with Crippen LogP contribution in [0.15, 0.2) is 60.7 Å². The smallest absolute Gasteiger partial charge is 0.133 e. The van der Waals surface area contributed by atoms with Gasteiger partial charge in [0.2, 0.25) is 0 Å². The molecule has 2 aromatic carbocycles. The van der Waals surface area contributed by atoms with E-state index in [1.54, 1.807) is 0 Å². The average Bonchev–Trinajstić information content (AvgIpc) is 3.07. The largest absolute Gasteiger partial charge is 0.367 e. The van der Waals surface area contributed by atoms with Crippen LogP contribution in [0.25, 0.3) is 0 Å². The molecule has 0 N–H and O–H groups in total.